The van der Waals surface area contributed by atoms with E-state index in [0.29, 0.717) is 5.56 Å². The standard InChI is InChI=1S/C19H16N2O/c1-13(21-18-9-5-3-7-15(18)12-20)16-11-10-14-6-2-4-8-17(14)19(16)22/h2-11,13,21-22H,1H3. The van der Waals surface area contributed by atoms with Crippen molar-refractivity contribution >= 4 is 16.5 Å². The van der Waals surface area contributed by atoms with Gasteiger partial charge in [-0.3, -0.25) is 0 Å². The van der Waals surface area contributed by atoms with E-state index in [1.54, 1.807) is 6.07 Å². The van der Waals surface area contributed by atoms with Crippen LogP contribution >= 0.6 is 0 Å². The maximum absolute atomic E-state index is 10.5. The molecule has 0 radical (unpaired) electrons. The Balaban J connectivity index is 1.97. The van der Waals surface area contributed by atoms with Gasteiger partial charge in [0.25, 0.3) is 0 Å². The number of nitrogens with zero attached hydrogens (tertiary/aromatic N) is 1. The van der Waals surface area contributed by atoms with Gasteiger partial charge in [0.15, 0.2) is 0 Å². The number of fused-ring (bicyclic) bond motifs is 1. The van der Waals surface area contributed by atoms with Crippen LogP contribution in [-0.2, 0) is 0 Å². The molecule has 3 aromatic rings. The van der Waals surface area contributed by atoms with Gasteiger partial charge in [0.2, 0.25) is 0 Å². The number of nitrogens with one attached hydrogen (secondary N) is 1. The molecule has 0 aromatic heterocycles. The first-order valence-corrected chi connectivity index (χ1v) is 7.17. The Hall–Kier alpha value is -2.99. The minimum Gasteiger partial charge on any atom is -0.507 e. The zero-order valence-electron chi connectivity index (χ0n) is 12.2. The topological polar surface area (TPSA) is 56.0 Å². The second kappa shape index (κ2) is 5.79. The Kier molecular flexibility index (Phi) is 3.67. The van der Waals surface area contributed by atoms with Gasteiger partial charge in [0.1, 0.15) is 11.8 Å². The maximum Gasteiger partial charge on any atom is 0.128 e. The van der Waals surface area contributed by atoms with Crippen LogP contribution in [0.25, 0.3) is 10.8 Å². The van der Waals surface area contributed by atoms with Crippen LogP contribution in [-0.4, -0.2) is 5.11 Å². The lowest BCUT2D eigenvalue weighted by molar-refractivity contribution is 0.472. The predicted molar refractivity (Wildman–Crippen MR) is 88.8 cm³/mol. The molecular formula is C19H16N2O. The minimum atomic E-state index is -0.112. The largest absolute Gasteiger partial charge is 0.507 e. The van der Waals surface area contributed by atoms with Crippen molar-refractivity contribution in [2.75, 3.05) is 5.32 Å². The second-order valence-corrected chi connectivity index (χ2v) is 5.25. The molecule has 0 bridgehead atoms. The third-order valence-corrected chi connectivity index (χ3v) is 3.82. The Morgan fingerprint density at radius 2 is 1.73 bits per heavy atom. The fourth-order valence-electron chi connectivity index (χ4n) is 2.64. The summed E-state index contributed by atoms with van der Waals surface area (Å²) < 4.78 is 0. The molecule has 0 saturated carbocycles. The molecule has 3 rings (SSSR count). The summed E-state index contributed by atoms with van der Waals surface area (Å²) in [5.74, 6) is 0.285. The molecule has 0 aliphatic heterocycles. The summed E-state index contributed by atoms with van der Waals surface area (Å²) in [7, 11) is 0. The fourth-order valence-corrected chi connectivity index (χ4v) is 2.64. The van der Waals surface area contributed by atoms with Gasteiger partial charge in [0, 0.05) is 10.9 Å². The van der Waals surface area contributed by atoms with E-state index < -0.39 is 0 Å². The highest BCUT2D eigenvalue weighted by atomic mass is 16.3. The highest BCUT2D eigenvalue weighted by Crippen LogP contribution is 2.34. The second-order valence-electron chi connectivity index (χ2n) is 5.25. The first-order valence-electron chi connectivity index (χ1n) is 7.17. The molecule has 1 atom stereocenters. The number of nitriles is 1. The molecular weight excluding hydrogens is 272 g/mol. The van der Waals surface area contributed by atoms with Crippen LogP contribution in [0, 0.1) is 11.3 Å². The van der Waals surface area contributed by atoms with Gasteiger partial charge in [-0.1, -0.05) is 48.5 Å². The van der Waals surface area contributed by atoms with Crippen LogP contribution < -0.4 is 5.32 Å². The Morgan fingerprint density at radius 3 is 2.55 bits per heavy atom. The molecule has 0 heterocycles. The fraction of sp³-hybridized carbons (Fsp3) is 0.105. The quantitative estimate of drug-likeness (QED) is 0.741. The lowest BCUT2D eigenvalue weighted by atomic mass is 10.0. The van der Waals surface area contributed by atoms with Gasteiger partial charge in [-0.25, -0.2) is 0 Å². The molecule has 108 valence electrons. The summed E-state index contributed by atoms with van der Waals surface area (Å²) in [6.07, 6.45) is 0. The summed E-state index contributed by atoms with van der Waals surface area (Å²) in [5.41, 5.74) is 2.17. The van der Waals surface area contributed by atoms with Crippen molar-refractivity contribution < 1.29 is 5.11 Å². The van der Waals surface area contributed by atoms with Crippen LogP contribution in [0.5, 0.6) is 5.75 Å². The van der Waals surface area contributed by atoms with Crippen LogP contribution in [0.4, 0.5) is 5.69 Å². The van der Waals surface area contributed by atoms with Gasteiger partial charge in [0.05, 0.1) is 17.3 Å². The Bertz CT molecular complexity index is 865. The summed E-state index contributed by atoms with van der Waals surface area (Å²) in [5, 5.41) is 24.8. The van der Waals surface area contributed by atoms with Crippen LogP contribution in [0.1, 0.15) is 24.1 Å². The number of aromatic hydroxyl groups is 1. The highest BCUT2D eigenvalue weighted by molar-refractivity contribution is 5.89. The third kappa shape index (κ3) is 2.47. The SMILES string of the molecule is CC(Nc1ccccc1C#N)c1ccc2ccccc2c1O. The van der Waals surface area contributed by atoms with Crippen LogP contribution in [0.2, 0.25) is 0 Å². The number of hydrogen-bond donors (Lipinski definition) is 2. The van der Waals surface area contributed by atoms with Crippen LogP contribution in [0.3, 0.4) is 0 Å². The van der Waals surface area contributed by atoms with Crippen molar-refractivity contribution in [1.29, 1.82) is 5.26 Å². The van der Waals surface area contributed by atoms with Crippen molar-refractivity contribution in [1.82, 2.24) is 0 Å². The molecule has 3 aromatic carbocycles. The van der Waals surface area contributed by atoms with Crippen LogP contribution in [0.15, 0.2) is 60.7 Å². The Labute approximate surface area is 129 Å². The molecule has 0 aliphatic carbocycles. The van der Waals surface area contributed by atoms with Crippen molar-refractivity contribution in [3.05, 3.63) is 71.8 Å². The first kappa shape index (κ1) is 14.0. The number of hydrogen-bond acceptors (Lipinski definition) is 3. The van der Waals surface area contributed by atoms with Crippen molar-refractivity contribution in [3.8, 4) is 11.8 Å². The number of benzene rings is 3. The molecule has 0 aliphatic rings. The summed E-state index contributed by atoms with van der Waals surface area (Å²) in [6, 6.07) is 21.1. The minimum absolute atomic E-state index is 0.112. The first-order chi connectivity index (χ1) is 10.7. The molecule has 1 unspecified atom stereocenters. The van der Waals surface area contributed by atoms with Crippen molar-refractivity contribution in [2.45, 2.75) is 13.0 Å². The van der Waals surface area contributed by atoms with Gasteiger partial charge < -0.3 is 10.4 Å². The molecule has 3 heteroatoms. The molecule has 0 fully saturated rings. The molecule has 3 nitrogen and oxygen atoms in total. The van der Waals surface area contributed by atoms with Gasteiger partial charge in [-0.15, -0.1) is 0 Å². The number of para-hydroxylation sites is 1. The van der Waals surface area contributed by atoms with E-state index in [9.17, 15) is 5.11 Å². The van der Waals surface area contributed by atoms with E-state index in [1.165, 1.54) is 0 Å². The molecule has 2 N–H and O–H groups in total. The lowest BCUT2D eigenvalue weighted by Crippen LogP contribution is -2.08. The van der Waals surface area contributed by atoms with Gasteiger partial charge in [-0.2, -0.15) is 5.26 Å². The number of phenolic OH excluding ortho intramolecular Hbond substituents is 1. The van der Waals surface area contributed by atoms with E-state index >= 15 is 0 Å². The molecule has 0 saturated heterocycles. The monoisotopic (exact) mass is 288 g/mol. The van der Waals surface area contributed by atoms with Crippen molar-refractivity contribution in [3.63, 3.8) is 0 Å². The average Bonchev–Trinajstić information content (AvgIpc) is 2.56. The van der Waals surface area contributed by atoms with Gasteiger partial charge in [-0.05, 0) is 24.4 Å². The average molecular weight is 288 g/mol. The van der Waals surface area contributed by atoms with E-state index in [1.807, 2.05) is 61.5 Å². The maximum atomic E-state index is 10.5. The van der Waals surface area contributed by atoms with E-state index in [-0.39, 0.29) is 11.8 Å². The lowest BCUT2D eigenvalue weighted by Gasteiger charge is -2.18. The van der Waals surface area contributed by atoms with E-state index in [2.05, 4.69) is 11.4 Å². The van der Waals surface area contributed by atoms with Gasteiger partial charge >= 0.3 is 0 Å². The zero-order chi connectivity index (χ0) is 15.5. The normalized spacial score (nSPS) is 11.8. The summed E-state index contributed by atoms with van der Waals surface area (Å²) in [6.45, 7) is 1.97. The zero-order valence-corrected chi connectivity index (χ0v) is 12.2. The molecule has 0 spiro atoms. The molecule has 0 amide bonds. The summed E-state index contributed by atoms with van der Waals surface area (Å²) in [4.78, 5) is 0. The smallest absolute Gasteiger partial charge is 0.128 e. The third-order valence-electron chi connectivity index (χ3n) is 3.82. The Morgan fingerprint density at radius 1 is 1.00 bits per heavy atom. The van der Waals surface area contributed by atoms with E-state index in [4.69, 9.17) is 5.26 Å². The summed E-state index contributed by atoms with van der Waals surface area (Å²) >= 11 is 0. The van der Waals surface area contributed by atoms with Crippen molar-refractivity contribution in [2.24, 2.45) is 0 Å². The number of anilines is 1. The molecule has 22 heavy (non-hydrogen) atoms. The number of phenols is 1. The van der Waals surface area contributed by atoms with E-state index in [0.717, 1.165) is 22.0 Å². The number of rotatable bonds is 3. The highest BCUT2D eigenvalue weighted by Gasteiger charge is 2.14. The predicted octanol–water partition coefficient (Wildman–Crippen LogP) is 4.59.